The monoisotopic (exact) mass is 328 g/mol. The van der Waals surface area contributed by atoms with Gasteiger partial charge < -0.3 is 10.5 Å². The summed E-state index contributed by atoms with van der Waals surface area (Å²) in [5, 5.41) is 4.49. The van der Waals surface area contributed by atoms with E-state index in [1.54, 1.807) is 0 Å². The highest BCUT2D eigenvalue weighted by molar-refractivity contribution is 5.81. The molecule has 24 heavy (non-hydrogen) atoms. The van der Waals surface area contributed by atoms with Gasteiger partial charge in [-0.25, -0.2) is 0 Å². The van der Waals surface area contributed by atoms with Crippen molar-refractivity contribution >= 4 is 5.91 Å². The summed E-state index contributed by atoms with van der Waals surface area (Å²) in [7, 11) is 0. The van der Waals surface area contributed by atoms with Gasteiger partial charge in [0.15, 0.2) is 0 Å². The van der Waals surface area contributed by atoms with Crippen molar-refractivity contribution in [3.8, 4) is 0 Å². The average molecular weight is 328 g/mol. The largest absolute Gasteiger partial charge is 0.374 e. The molecule has 2 N–H and O–H groups in total. The number of nitrogens with zero attached hydrogens (tertiary/aromatic N) is 3. The van der Waals surface area contributed by atoms with E-state index in [2.05, 4.69) is 16.1 Å². The first kappa shape index (κ1) is 16.7. The van der Waals surface area contributed by atoms with Gasteiger partial charge >= 0.3 is 0 Å². The highest BCUT2D eigenvalue weighted by Gasteiger charge is 2.31. The van der Waals surface area contributed by atoms with Gasteiger partial charge in [0.1, 0.15) is 6.04 Å². The molecule has 0 spiro atoms. The summed E-state index contributed by atoms with van der Waals surface area (Å²) in [6.45, 7) is 6.63. The van der Waals surface area contributed by atoms with Crippen LogP contribution in [0, 0.1) is 13.8 Å². The van der Waals surface area contributed by atoms with Crippen LogP contribution in [0.3, 0.4) is 0 Å². The molecule has 6 nitrogen and oxygen atoms in total. The van der Waals surface area contributed by atoms with E-state index >= 15 is 0 Å². The highest BCUT2D eigenvalue weighted by atomic mass is 16.5. The maximum absolute atomic E-state index is 12.0. The zero-order valence-corrected chi connectivity index (χ0v) is 14.2. The number of nitrogens with two attached hydrogens (primary N) is 1. The molecule has 128 valence electrons. The number of carbonyl (C=O) groups excluding carboxylic acids is 1. The second-order valence-electron chi connectivity index (χ2n) is 6.31. The SMILES string of the molecule is Cc1cc(C)n(C[C@@H]2CN([C@@H](C(N)=O)c3ccccc3)CCO2)n1. The molecule has 0 radical (unpaired) electrons. The second kappa shape index (κ2) is 7.15. The van der Waals surface area contributed by atoms with Crippen LogP contribution in [-0.4, -0.2) is 46.4 Å². The Labute approximate surface area is 142 Å². The molecule has 1 saturated heterocycles. The number of morpholine rings is 1. The van der Waals surface area contributed by atoms with E-state index in [-0.39, 0.29) is 12.0 Å². The minimum Gasteiger partial charge on any atom is -0.374 e. The first-order valence-electron chi connectivity index (χ1n) is 8.25. The van der Waals surface area contributed by atoms with E-state index in [4.69, 9.17) is 10.5 Å². The fourth-order valence-electron chi connectivity index (χ4n) is 3.33. The van der Waals surface area contributed by atoms with Gasteiger partial charge in [0.25, 0.3) is 0 Å². The Morgan fingerprint density at radius 1 is 1.38 bits per heavy atom. The van der Waals surface area contributed by atoms with Crippen LogP contribution in [0.25, 0.3) is 0 Å². The summed E-state index contributed by atoms with van der Waals surface area (Å²) >= 11 is 0. The van der Waals surface area contributed by atoms with Crippen LogP contribution in [0.2, 0.25) is 0 Å². The maximum atomic E-state index is 12.0. The lowest BCUT2D eigenvalue weighted by Crippen LogP contribution is -2.49. The Balaban J connectivity index is 1.74. The number of hydrogen-bond donors (Lipinski definition) is 1. The predicted octanol–water partition coefficient (Wildman–Crippen LogP) is 1.43. The minimum atomic E-state index is -0.418. The fourth-order valence-corrected chi connectivity index (χ4v) is 3.33. The number of benzene rings is 1. The number of ether oxygens (including phenoxy) is 1. The van der Waals surface area contributed by atoms with Gasteiger partial charge in [0.2, 0.25) is 5.91 Å². The molecule has 1 aromatic heterocycles. The van der Waals surface area contributed by atoms with Gasteiger partial charge in [-0.05, 0) is 25.5 Å². The number of primary amides is 1. The highest BCUT2D eigenvalue weighted by Crippen LogP contribution is 2.23. The summed E-state index contributed by atoms with van der Waals surface area (Å²) in [4.78, 5) is 14.2. The van der Waals surface area contributed by atoms with Crippen LogP contribution in [0.4, 0.5) is 0 Å². The lowest BCUT2D eigenvalue weighted by molar-refractivity contribution is -0.127. The molecule has 0 aliphatic carbocycles. The minimum absolute atomic E-state index is 0.0117. The third kappa shape index (κ3) is 3.66. The summed E-state index contributed by atoms with van der Waals surface area (Å²) < 4.78 is 7.85. The topological polar surface area (TPSA) is 73.4 Å². The Morgan fingerprint density at radius 2 is 2.12 bits per heavy atom. The quantitative estimate of drug-likeness (QED) is 0.901. The van der Waals surface area contributed by atoms with E-state index in [9.17, 15) is 4.79 Å². The molecule has 1 amide bonds. The van der Waals surface area contributed by atoms with Crippen LogP contribution >= 0.6 is 0 Å². The van der Waals surface area contributed by atoms with Gasteiger partial charge in [-0.1, -0.05) is 30.3 Å². The van der Waals surface area contributed by atoms with Gasteiger partial charge in [0.05, 0.1) is 24.9 Å². The molecule has 2 aromatic rings. The molecule has 3 rings (SSSR count). The van der Waals surface area contributed by atoms with E-state index in [1.165, 1.54) is 0 Å². The molecule has 0 bridgehead atoms. The lowest BCUT2D eigenvalue weighted by atomic mass is 10.0. The van der Waals surface area contributed by atoms with Crippen molar-refractivity contribution in [2.45, 2.75) is 32.5 Å². The number of aryl methyl sites for hydroxylation is 2. The summed E-state index contributed by atoms with van der Waals surface area (Å²) in [5.74, 6) is -0.326. The zero-order valence-electron chi connectivity index (χ0n) is 14.2. The molecule has 0 saturated carbocycles. The molecular weight excluding hydrogens is 304 g/mol. The molecule has 1 aliphatic heterocycles. The first-order valence-corrected chi connectivity index (χ1v) is 8.25. The standard InChI is InChI=1S/C18H24N4O2/c1-13-10-14(2)22(20-13)12-16-11-21(8-9-24-16)17(18(19)23)15-6-4-3-5-7-15/h3-7,10,16-17H,8-9,11-12H2,1-2H3,(H2,19,23)/t16-,17+/m0/s1. The molecule has 1 aromatic carbocycles. The number of amides is 1. The summed E-state index contributed by atoms with van der Waals surface area (Å²) in [5.41, 5.74) is 8.73. The Bertz CT molecular complexity index is 698. The van der Waals surface area contributed by atoms with Crippen LogP contribution in [0.15, 0.2) is 36.4 Å². The summed E-state index contributed by atoms with van der Waals surface area (Å²) in [6, 6.07) is 11.3. The third-order valence-electron chi connectivity index (χ3n) is 4.40. The fraction of sp³-hybridized carbons (Fsp3) is 0.444. The van der Waals surface area contributed by atoms with Crippen LogP contribution in [0.5, 0.6) is 0 Å². The first-order chi connectivity index (χ1) is 11.5. The average Bonchev–Trinajstić information content (AvgIpc) is 2.86. The van der Waals surface area contributed by atoms with Crippen molar-refractivity contribution in [2.75, 3.05) is 19.7 Å². The van der Waals surface area contributed by atoms with Gasteiger partial charge in [0, 0.05) is 18.8 Å². The smallest absolute Gasteiger partial charge is 0.239 e. The van der Waals surface area contributed by atoms with Crippen molar-refractivity contribution < 1.29 is 9.53 Å². The van der Waals surface area contributed by atoms with Crippen LogP contribution in [0.1, 0.15) is 23.0 Å². The molecule has 6 heteroatoms. The van der Waals surface area contributed by atoms with E-state index < -0.39 is 6.04 Å². The molecule has 2 heterocycles. The normalized spacial score (nSPS) is 20.0. The van der Waals surface area contributed by atoms with E-state index in [0.717, 1.165) is 17.0 Å². The number of carbonyl (C=O) groups is 1. The van der Waals surface area contributed by atoms with Crippen molar-refractivity contribution in [3.05, 3.63) is 53.3 Å². The molecule has 1 aliphatic rings. The maximum Gasteiger partial charge on any atom is 0.239 e. The molecular formula is C18H24N4O2. The molecule has 0 unspecified atom stereocenters. The van der Waals surface area contributed by atoms with Gasteiger partial charge in [-0.15, -0.1) is 0 Å². The van der Waals surface area contributed by atoms with Gasteiger partial charge in [-0.2, -0.15) is 5.10 Å². The Kier molecular flexibility index (Phi) is 4.97. The number of rotatable bonds is 5. The third-order valence-corrected chi connectivity index (χ3v) is 4.40. The number of aromatic nitrogens is 2. The summed E-state index contributed by atoms with van der Waals surface area (Å²) in [6.07, 6.45) is -0.0117. The Morgan fingerprint density at radius 3 is 2.75 bits per heavy atom. The van der Waals surface area contributed by atoms with Crippen LogP contribution in [-0.2, 0) is 16.1 Å². The molecule has 2 atom stereocenters. The van der Waals surface area contributed by atoms with Crippen molar-refractivity contribution in [1.29, 1.82) is 0 Å². The van der Waals surface area contributed by atoms with E-state index in [0.29, 0.717) is 26.2 Å². The van der Waals surface area contributed by atoms with E-state index in [1.807, 2.05) is 48.9 Å². The Hall–Kier alpha value is -2.18. The van der Waals surface area contributed by atoms with Gasteiger partial charge in [-0.3, -0.25) is 14.4 Å². The van der Waals surface area contributed by atoms with Crippen molar-refractivity contribution in [1.82, 2.24) is 14.7 Å². The predicted molar refractivity (Wildman–Crippen MR) is 91.4 cm³/mol. The second-order valence-corrected chi connectivity index (χ2v) is 6.31. The lowest BCUT2D eigenvalue weighted by Gasteiger charge is -2.37. The van der Waals surface area contributed by atoms with Crippen molar-refractivity contribution in [3.63, 3.8) is 0 Å². The van der Waals surface area contributed by atoms with Crippen molar-refractivity contribution in [2.24, 2.45) is 5.73 Å². The molecule has 1 fully saturated rings. The number of hydrogen-bond acceptors (Lipinski definition) is 4. The van der Waals surface area contributed by atoms with Crippen LogP contribution < -0.4 is 5.73 Å². The zero-order chi connectivity index (χ0) is 17.1.